The van der Waals surface area contributed by atoms with Crippen molar-refractivity contribution >= 4 is 28.3 Å². The van der Waals surface area contributed by atoms with Gasteiger partial charge >= 0.3 is 0 Å². The van der Waals surface area contributed by atoms with Crippen molar-refractivity contribution in [3.05, 3.63) is 30.5 Å². The highest BCUT2D eigenvalue weighted by molar-refractivity contribution is 5.86. The summed E-state index contributed by atoms with van der Waals surface area (Å²) < 4.78 is 3.54. The van der Waals surface area contributed by atoms with Crippen molar-refractivity contribution < 1.29 is 0 Å². The molecule has 0 N–H and O–H groups in total. The van der Waals surface area contributed by atoms with Gasteiger partial charge in [0.05, 0.1) is 17.6 Å². The van der Waals surface area contributed by atoms with Gasteiger partial charge in [-0.2, -0.15) is 9.61 Å². The Hall–Kier alpha value is -3.30. The topological polar surface area (TPSA) is 93.2 Å². The van der Waals surface area contributed by atoms with E-state index in [-0.39, 0.29) is 0 Å². The third kappa shape index (κ3) is 2.11. The quantitative estimate of drug-likeness (QED) is 0.525. The predicted molar refractivity (Wildman–Crippen MR) is 96.2 cm³/mol. The molecular formula is C16H18N10. The number of aryl methyl sites for hydroxylation is 2. The Balaban J connectivity index is 1.37. The van der Waals surface area contributed by atoms with E-state index >= 15 is 0 Å². The van der Waals surface area contributed by atoms with E-state index in [0.29, 0.717) is 6.04 Å². The average Bonchev–Trinajstić information content (AvgIpc) is 3.17. The summed E-state index contributed by atoms with van der Waals surface area (Å²) >= 11 is 0. The minimum absolute atomic E-state index is 0.354. The van der Waals surface area contributed by atoms with Crippen molar-refractivity contribution in [2.24, 2.45) is 7.05 Å². The number of aromatic nitrogens is 8. The standard InChI is InChI=1S/C16H18N10/c1-10-20-21-13-4-5-14(22-26(10)13)25-7-11(8-25)23(2)15-12-6-19-24(3)16(12)18-9-17-15/h4-6,9,11H,7-8H2,1-3H3. The molecule has 4 aromatic heterocycles. The van der Waals surface area contributed by atoms with Gasteiger partial charge in [-0.05, 0) is 19.1 Å². The second-order valence-corrected chi connectivity index (χ2v) is 6.58. The molecule has 132 valence electrons. The Bertz CT molecular complexity index is 1110. The van der Waals surface area contributed by atoms with Gasteiger partial charge in [-0.1, -0.05) is 0 Å². The Morgan fingerprint density at radius 3 is 2.85 bits per heavy atom. The normalized spacial score (nSPS) is 15.0. The first-order valence-electron chi connectivity index (χ1n) is 8.41. The van der Waals surface area contributed by atoms with Crippen LogP contribution < -0.4 is 9.80 Å². The van der Waals surface area contributed by atoms with Crippen LogP contribution in [-0.2, 0) is 7.05 Å². The van der Waals surface area contributed by atoms with Crippen LogP contribution in [0.2, 0.25) is 0 Å². The van der Waals surface area contributed by atoms with Crippen LogP contribution in [0.4, 0.5) is 11.6 Å². The number of hydrogen-bond donors (Lipinski definition) is 0. The van der Waals surface area contributed by atoms with Gasteiger partial charge in [0.1, 0.15) is 18.0 Å². The molecule has 0 amide bonds. The predicted octanol–water partition coefficient (Wildman–Crippen LogP) is 0.434. The first-order chi connectivity index (χ1) is 12.6. The Morgan fingerprint density at radius 2 is 2.00 bits per heavy atom. The van der Waals surface area contributed by atoms with Crippen LogP contribution in [0.1, 0.15) is 5.82 Å². The van der Waals surface area contributed by atoms with Crippen LogP contribution in [0.15, 0.2) is 24.7 Å². The molecule has 0 spiro atoms. The molecule has 0 saturated carbocycles. The molecule has 0 aliphatic carbocycles. The summed E-state index contributed by atoms with van der Waals surface area (Å²) in [6.07, 6.45) is 3.42. The average molecular weight is 350 g/mol. The number of nitrogens with zero attached hydrogens (tertiary/aromatic N) is 10. The highest BCUT2D eigenvalue weighted by atomic mass is 15.4. The summed E-state index contributed by atoms with van der Waals surface area (Å²) in [6.45, 7) is 3.65. The molecular weight excluding hydrogens is 332 g/mol. The second kappa shape index (κ2) is 5.35. The molecule has 1 fully saturated rings. The van der Waals surface area contributed by atoms with Gasteiger partial charge in [0.25, 0.3) is 0 Å². The van der Waals surface area contributed by atoms with Gasteiger partial charge in [-0.15, -0.1) is 15.3 Å². The zero-order valence-corrected chi connectivity index (χ0v) is 14.8. The van der Waals surface area contributed by atoms with Gasteiger partial charge in [0.2, 0.25) is 0 Å². The third-order valence-corrected chi connectivity index (χ3v) is 4.98. The molecule has 0 unspecified atom stereocenters. The first kappa shape index (κ1) is 15.0. The number of anilines is 2. The van der Waals surface area contributed by atoms with Crippen LogP contribution in [0.3, 0.4) is 0 Å². The molecule has 0 radical (unpaired) electrons. The number of likely N-dealkylation sites (N-methyl/N-ethyl adjacent to an activating group) is 1. The van der Waals surface area contributed by atoms with E-state index in [1.807, 2.05) is 32.3 Å². The lowest BCUT2D eigenvalue weighted by Crippen LogP contribution is -2.59. The highest BCUT2D eigenvalue weighted by Gasteiger charge is 2.33. The molecule has 1 aliphatic rings. The number of hydrogen-bond acceptors (Lipinski definition) is 8. The SMILES string of the molecule is Cc1nnc2ccc(N3CC(N(C)c4ncnc5c4cnn5C)C3)nn12. The van der Waals surface area contributed by atoms with Crippen LogP contribution >= 0.6 is 0 Å². The third-order valence-electron chi connectivity index (χ3n) is 4.98. The van der Waals surface area contributed by atoms with Gasteiger partial charge < -0.3 is 9.80 Å². The van der Waals surface area contributed by atoms with E-state index < -0.39 is 0 Å². The summed E-state index contributed by atoms with van der Waals surface area (Å²) in [5, 5.41) is 18.0. The smallest absolute Gasteiger partial charge is 0.178 e. The molecule has 0 atom stereocenters. The summed E-state index contributed by atoms with van der Waals surface area (Å²) in [5.74, 6) is 2.63. The number of rotatable bonds is 3. The monoisotopic (exact) mass is 350 g/mol. The molecule has 5 rings (SSSR count). The molecule has 1 saturated heterocycles. The Morgan fingerprint density at radius 1 is 1.15 bits per heavy atom. The van der Waals surface area contributed by atoms with Crippen LogP contribution in [0, 0.1) is 6.92 Å². The van der Waals surface area contributed by atoms with E-state index in [4.69, 9.17) is 0 Å². The van der Waals surface area contributed by atoms with Crippen molar-refractivity contribution in [1.82, 2.24) is 39.6 Å². The first-order valence-corrected chi connectivity index (χ1v) is 8.41. The number of fused-ring (bicyclic) bond motifs is 2. The molecule has 0 aromatic carbocycles. The van der Waals surface area contributed by atoms with Crippen LogP contribution in [0.5, 0.6) is 0 Å². The lowest BCUT2D eigenvalue weighted by molar-refractivity contribution is 0.487. The van der Waals surface area contributed by atoms with Gasteiger partial charge in [-0.3, -0.25) is 4.68 Å². The van der Waals surface area contributed by atoms with E-state index in [2.05, 4.69) is 47.2 Å². The molecule has 0 bridgehead atoms. The van der Waals surface area contributed by atoms with Crippen LogP contribution in [0.25, 0.3) is 16.7 Å². The van der Waals surface area contributed by atoms with Crippen molar-refractivity contribution in [1.29, 1.82) is 0 Å². The van der Waals surface area contributed by atoms with Crippen LogP contribution in [-0.4, -0.2) is 65.7 Å². The van der Waals surface area contributed by atoms with E-state index in [9.17, 15) is 0 Å². The Kier molecular flexibility index (Phi) is 3.08. The lowest BCUT2D eigenvalue weighted by Gasteiger charge is -2.45. The molecule has 10 heteroatoms. The fraction of sp³-hybridized carbons (Fsp3) is 0.375. The fourth-order valence-electron chi connectivity index (χ4n) is 3.35. The second-order valence-electron chi connectivity index (χ2n) is 6.58. The molecule has 1 aliphatic heterocycles. The Labute approximate surface area is 149 Å². The lowest BCUT2D eigenvalue weighted by atomic mass is 10.1. The van der Waals surface area contributed by atoms with Gasteiger partial charge in [-0.25, -0.2) is 9.97 Å². The zero-order chi connectivity index (χ0) is 17.8. The minimum atomic E-state index is 0.354. The van der Waals surface area contributed by atoms with E-state index in [1.54, 1.807) is 15.5 Å². The maximum absolute atomic E-state index is 4.64. The summed E-state index contributed by atoms with van der Waals surface area (Å²) in [6, 6.07) is 4.29. The van der Waals surface area contributed by atoms with Crippen molar-refractivity contribution in [2.75, 3.05) is 29.9 Å². The summed E-state index contributed by atoms with van der Waals surface area (Å²) in [7, 11) is 3.95. The fourth-order valence-corrected chi connectivity index (χ4v) is 3.35. The minimum Gasteiger partial charge on any atom is -0.352 e. The molecule has 10 nitrogen and oxygen atoms in total. The van der Waals surface area contributed by atoms with E-state index in [0.717, 1.165) is 47.2 Å². The zero-order valence-electron chi connectivity index (χ0n) is 14.8. The summed E-state index contributed by atoms with van der Waals surface area (Å²) in [4.78, 5) is 13.2. The summed E-state index contributed by atoms with van der Waals surface area (Å²) in [5.41, 5.74) is 1.61. The maximum atomic E-state index is 4.64. The van der Waals surface area contributed by atoms with Crippen molar-refractivity contribution in [3.63, 3.8) is 0 Å². The molecule has 26 heavy (non-hydrogen) atoms. The molecule has 4 aromatic rings. The van der Waals surface area contributed by atoms with Crippen molar-refractivity contribution in [3.8, 4) is 0 Å². The van der Waals surface area contributed by atoms with E-state index in [1.165, 1.54) is 0 Å². The largest absolute Gasteiger partial charge is 0.352 e. The molecule has 5 heterocycles. The van der Waals surface area contributed by atoms with Gasteiger partial charge in [0, 0.05) is 27.2 Å². The van der Waals surface area contributed by atoms with Crippen molar-refractivity contribution in [2.45, 2.75) is 13.0 Å². The maximum Gasteiger partial charge on any atom is 0.178 e. The highest BCUT2D eigenvalue weighted by Crippen LogP contribution is 2.27. The van der Waals surface area contributed by atoms with Gasteiger partial charge in [0.15, 0.2) is 17.1 Å².